The number of hydrogen-bond acceptors (Lipinski definition) is 3. The van der Waals surface area contributed by atoms with Crippen LogP contribution in [0, 0.1) is 5.92 Å². The number of nitrogens with one attached hydrogen (secondary N) is 1. The molecule has 5 heteroatoms. The molecule has 16 heavy (non-hydrogen) atoms. The van der Waals surface area contributed by atoms with Crippen molar-refractivity contribution in [1.82, 2.24) is 10.3 Å². The Kier molecular flexibility index (Phi) is 4.21. The molecule has 1 aromatic heterocycles. The van der Waals surface area contributed by atoms with Crippen LogP contribution < -0.4 is 10.1 Å². The zero-order valence-corrected chi connectivity index (χ0v) is 12.2. The van der Waals surface area contributed by atoms with Gasteiger partial charge in [0.25, 0.3) is 0 Å². The number of hydrogen-bond donors (Lipinski definition) is 1. The molecule has 1 aliphatic rings. The number of pyridine rings is 1. The lowest BCUT2D eigenvalue weighted by Crippen LogP contribution is -2.43. The van der Waals surface area contributed by atoms with Gasteiger partial charge in [-0.2, -0.15) is 0 Å². The van der Waals surface area contributed by atoms with E-state index in [1.54, 1.807) is 6.20 Å². The van der Waals surface area contributed by atoms with Crippen LogP contribution in [0.3, 0.4) is 0 Å². The molecule has 1 fully saturated rings. The second-order valence-corrected chi connectivity index (χ2v) is 5.84. The summed E-state index contributed by atoms with van der Waals surface area (Å²) < 4.78 is 7.75. The van der Waals surface area contributed by atoms with E-state index >= 15 is 0 Å². The Hall–Kier alpha value is -0.130. The van der Waals surface area contributed by atoms with E-state index in [0.717, 1.165) is 28.5 Å². The van der Waals surface area contributed by atoms with Crippen molar-refractivity contribution in [3.8, 4) is 5.88 Å². The third-order valence-electron chi connectivity index (χ3n) is 2.79. The Balaban J connectivity index is 2.07. The fraction of sp³-hybridized carbons (Fsp3) is 0.545. The van der Waals surface area contributed by atoms with Crippen molar-refractivity contribution in [2.24, 2.45) is 5.92 Å². The van der Waals surface area contributed by atoms with Crippen molar-refractivity contribution in [2.45, 2.75) is 19.4 Å². The predicted octanol–water partition coefficient (Wildman–Crippen LogP) is 2.98. The van der Waals surface area contributed by atoms with Gasteiger partial charge in [0.15, 0.2) is 0 Å². The van der Waals surface area contributed by atoms with Crippen LogP contribution in [-0.2, 0) is 0 Å². The molecular weight excluding hydrogens is 336 g/mol. The van der Waals surface area contributed by atoms with Gasteiger partial charge in [-0.05, 0) is 56.8 Å². The molecular formula is C11H14Br2N2O. The Labute approximate surface area is 112 Å². The van der Waals surface area contributed by atoms with Crippen LogP contribution in [0.2, 0.25) is 0 Å². The van der Waals surface area contributed by atoms with Crippen LogP contribution in [0.15, 0.2) is 21.2 Å². The standard InChI is InChI=1S/C11H14Br2N2O/c1-7-2-3-14-6-10(7)16-11-9(13)4-8(12)5-15-11/h4-5,7,10,14H,2-3,6H2,1H3. The fourth-order valence-electron chi connectivity index (χ4n) is 1.75. The van der Waals surface area contributed by atoms with E-state index in [2.05, 4.69) is 49.1 Å². The molecule has 2 unspecified atom stereocenters. The summed E-state index contributed by atoms with van der Waals surface area (Å²) in [6.07, 6.45) is 3.11. The molecule has 88 valence electrons. The van der Waals surface area contributed by atoms with Crippen molar-refractivity contribution in [2.75, 3.05) is 13.1 Å². The third kappa shape index (κ3) is 2.96. The fourth-order valence-corrected chi connectivity index (χ4v) is 2.83. The molecule has 1 aromatic rings. The van der Waals surface area contributed by atoms with Crippen molar-refractivity contribution >= 4 is 31.9 Å². The number of ether oxygens (including phenoxy) is 1. The summed E-state index contributed by atoms with van der Waals surface area (Å²) in [6, 6.07) is 1.95. The van der Waals surface area contributed by atoms with E-state index in [1.807, 2.05) is 6.07 Å². The van der Waals surface area contributed by atoms with Crippen molar-refractivity contribution in [3.63, 3.8) is 0 Å². The number of halogens is 2. The summed E-state index contributed by atoms with van der Waals surface area (Å²) >= 11 is 6.83. The van der Waals surface area contributed by atoms with Crippen molar-refractivity contribution < 1.29 is 4.74 Å². The molecule has 0 radical (unpaired) electrons. The van der Waals surface area contributed by atoms with Crippen LogP contribution in [0.4, 0.5) is 0 Å². The first-order valence-corrected chi connectivity index (χ1v) is 6.94. The Morgan fingerprint density at radius 3 is 3.00 bits per heavy atom. The van der Waals surface area contributed by atoms with E-state index < -0.39 is 0 Å². The van der Waals surface area contributed by atoms with Crippen LogP contribution in [0.1, 0.15) is 13.3 Å². The van der Waals surface area contributed by atoms with Crippen molar-refractivity contribution in [3.05, 3.63) is 21.2 Å². The first-order chi connectivity index (χ1) is 7.66. The van der Waals surface area contributed by atoms with Gasteiger partial charge < -0.3 is 10.1 Å². The highest BCUT2D eigenvalue weighted by molar-refractivity contribution is 9.11. The van der Waals surface area contributed by atoms with Gasteiger partial charge in [-0.1, -0.05) is 6.92 Å². The minimum atomic E-state index is 0.207. The Morgan fingerprint density at radius 1 is 1.50 bits per heavy atom. The molecule has 0 aliphatic carbocycles. The normalized spacial score (nSPS) is 25.4. The topological polar surface area (TPSA) is 34.1 Å². The average Bonchev–Trinajstić information content (AvgIpc) is 2.25. The van der Waals surface area contributed by atoms with Crippen LogP contribution >= 0.6 is 31.9 Å². The van der Waals surface area contributed by atoms with Gasteiger partial charge >= 0.3 is 0 Å². The van der Waals surface area contributed by atoms with Gasteiger partial charge in [0.1, 0.15) is 6.10 Å². The number of piperidine rings is 1. The second-order valence-electron chi connectivity index (χ2n) is 4.07. The first-order valence-electron chi connectivity index (χ1n) is 5.35. The highest BCUT2D eigenvalue weighted by Crippen LogP contribution is 2.28. The van der Waals surface area contributed by atoms with E-state index in [4.69, 9.17) is 4.74 Å². The van der Waals surface area contributed by atoms with Gasteiger partial charge in [0.05, 0.1) is 4.47 Å². The summed E-state index contributed by atoms with van der Waals surface area (Å²) in [5.74, 6) is 1.24. The van der Waals surface area contributed by atoms with Gasteiger partial charge in [-0.3, -0.25) is 0 Å². The maximum atomic E-state index is 5.91. The van der Waals surface area contributed by atoms with E-state index in [0.29, 0.717) is 11.8 Å². The lowest BCUT2D eigenvalue weighted by Gasteiger charge is -2.29. The highest BCUT2D eigenvalue weighted by Gasteiger charge is 2.23. The molecule has 0 amide bonds. The molecule has 1 N–H and O–H groups in total. The number of rotatable bonds is 2. The predicted molar refractivity (Wildman–Crippen MR) is 70.7 cm³/mol. The van der Waals surface area contributed by atoms with Gasteiger partial charge in [0, 0.05) is 17.2 Å². The minimum absolute atomic E-state index is 0.207. The Bertz CT molecular complexity index is 373. The zero-order valence-electron chi connectivity index (χ0n) is 9.04. The average molecular weight is 350 g/mol. The second kappa shape index (κ2) is 5.47. The van der Waals surface area contributed by atoms with E-state index in [9.17, 15) is 0 Å². The molecule has 0 bridgehead atoms. The van der Waals surface area contributed by atoms with Crippen LogP contribution in [0.5, 0.6) is 5.88 Å². The van der Waals surface area contributed by atoms with E-state index in [1.165, 1.54) is 0 Å². The molecule has 2 atom stereocenters. The minimum Gasteiger partial charge on any atom is -0.472 e. The highest BCUT2D eigenvalue weighted by atomic mass is 79.9. The summed E-state index contributed by atoms with van der Waals surface area (Å²) in [5, 5.41) is 3.34. The first kappa shape index (κ1) is 12.3. The number of nitrogens with zero attached hydrogens (tertiary/aromatic N) is 1. The lowest BCUT2D eigenvalue weighted by molar-refractivity contribution is 0.109. The molecule has 0 aromatic carbocycles. The third-order valence-corrected chi connectivity index (χ3v) is 3.80. The van der Waals surface area contributed by atoms with Crippen molar-refractivity contribution in [1.29, 1.82) is 0 Å². The molecule has 1 saturated heterocycles. The summed E-state index contributed by atoms with van der Waals surface area (Å²) in [4.78, 5) is 4.26. The lowest BCUT2D eigenvalue weighted by atomic mass is 9.97. The SMILES string of the molecule is CC1CCNCC1Oc1ncc(Br)cc1Br. The monoisotopic (exact) mass is 348 g/mol. The molecule has 2 rings (SSSR count). The zero-order chi connectivity index (χ0) is 11.5. The van der Waals surface area contributed by atoms with Gasteiger partial charge in [-0.25, -0.2) is 4.98 Å². The van der Waals surface area contributed by atoms with Gasteiger partial charge in [-0.15, -0.1) is 0 Å². The molecule has 3 nitrogen and oxygen atoms in total. The molecule has 1 aliphatic heterocycles. The summed E-state index contributed by atoms with van der Waals surface area (Å²) in [6.45, 7) is 4.19. The van der Waals surface area contributed by atoms with Crippen LogP contribution in [-0.4, -0.2) is 24.2 Å². The molecule has 0 spiro atoms. The largest absolute Gasteiger partial charge is 0.472 e. The maximum absolute atomic E-state index is 5.91. The quantitative estimate of drug-likeness (QED) is 0.891. The molecule has 2 heterocycles. The smallest absolute Gasteiger partial charge is 0.228 e. The summed E-state index contributed by atoms with van der Waals surface area (Å²) in [7, 11) is 0. The Morgan fingerprint density at radius 2 is 2.31 bits per heavy atom. The number of aromatic nitrogens is 1. The maximum Gasteiger partial charge on any atom is 0.228 e. The molecule has 0 saturated carbocycles. The van der Waals surface area contributed by atoms with E-state index in [-0.39, 0.29) is 6.10 Å². The van der Waals surface area contributed by atoms with Crippen LogP contribution in [0.25, 0.3) is 0 Å². The summed E-state index contributed by atoms with van der Waals surface area (Å²) in [5.41, 5.74) is 0. The van der Waals surface area contributed by atoms with Gasteiger partial charge in [0.2, 0.25) is 5.88 Å².